The van der Waals surface area contributed by atoms with Gasteiger partial charge in [0.15, 0.2) is 5.11 Å². The predicted molar refractivity (Wildman–Crippen MR) is 113 cm³/mol. The lowest BCUT2D eigenvalue weighted by molar-refractivity contribution is 0.0930. The molecule has 0 aliphatic rings. The fraction of sp³-hybridized carbons (Fsp3) is 0.222. The van der Waals surface area contributed by atoms with Crippen LogP contribution in [0.1, 0.15) is 21.5 Å². The van der Waals surface area contributed by atoms with Crippen molar-refractivity contribution in [3.8, 4) is 0 Å². The first-order chi connectivity index (χ1) is 12.6. The Morgan fingerprint density at radius 2 is 1.78 bits per heavy atom. The van der Waals surface area contributed by atoms with E-state index in [2.05, 4.69) is 16.0 Å². The number of hydrogen-bond acceptors (Lipinski definition) is 2. The second-order valence-electron chi connectivity index (χ2n) is 5.84. The molecule has 4 nitrogen and oxygen atoms in total. The third-order valence-corrected chi connectivity index (χ3v) is 4.50. The van der Waals surface area contributed by atoms with Crippen molar-refractivity contribution < 1.29 is 9.18 Å². The Labute approximate surface area is 177 Å². The zero-order valence-electron chi connectivity index (χ0n) is 14.4. The fourth-order valence-corrected chi connectivity index (χ4v) is 2.85. The lowest BCUT2D eigenvalue weighted by Crippen LogP contribution is -2.56. The SMILES string of the molecule is Cc1ccc(NC(=S)N[C@@H](NC(=O)c2ccccc2F)C(Cl)(Cl)Cl)c(C)c1. The summed E-state index contributed by atoms with van der Waals surface area (Å²) >= 11 is 23.1. The van der Waals surface area contributed by atoms with Crippen LogP contribution < -0.4 is 16.0 Å². The third kappa shape index (κ3) is 6.21. The summed E-state index contributed by atoms with van der Waals surface area (Å²) in [6.07, 6.45) is -1.19. The second kappa shape index (κ2) is 9.06. The third-order valence-electron chi connectivity index (χ3n) is 3.63. The summed E-state index contributed by atoms with van der Waals surface area (Å²) in [4.78, 5) is 12.3. The molecule has 2 aromatic rings. The standard InChI is InChI=1S/C18H17Cl3FN3OS/c1-10-7-8-14(11(2)9-10)23-17(27)25-16(18(19,20)21)24-15(26)12-5-3-4-6-13(12)22/h3-9,16H,1-2H3,(H,24,26)(H2,23,25,27)/t16-/m1/s1. The van der Waals surface area contributed by atoms with Crippen molar-refractivity contribution in [1.29, 1.82) is 0 Å². The number of rotatable bonds is 4. The number of alkyl halides is 3. The van der Waals surface area contributed by atoms with E-state index in [1.165, 1.54) is 24.3 Å². The number of nitrogens with one attached hydrogen (secondary N) is 3. The minimum atomic E-state index is -1.94. The van der Waals surface area contributed by atoms with Crippen molar-refractivity contribution >= 4 is 63.7 Å². The highest BCUT2D eigenvalue weighted by Crippen LogP contribution is 2.29. The Morgan fingerprint density at radius 1 is 1.11 bits per heavy atom. The van der Waals surface area contributed by atoms with Crippen molar-refractivity contribution in [3.63, 3.8) is 0 Å². The van der Waals surface area contributed by atoms with Crippen LogP contribution in [0.25, 0.3) is 0 Å². The largest absolute Gasteiger partial charge is 0.339 e. The van der Waals surface area contributed by atoms with Gasteiger partial charge in [-0.1, -0.05) is 64.6 Å². The van der Waals surface area contributed by atoms with Gasteiger partial charge in [0.05, 0.1) is 5.56 Å². The molecule has 27 heavy (non-hydrogen) atoms. The average molecular weight is 449 g/mol. The van der Waals surface area contributed by atoms with Crippen LogP contribution in [0.2, 0.25) is 0 Å². The van der Waals surface area contributed by atoms with Gasteiger partial charge in [-0.25, -0.2) is 4.39 Å². The molecule has 3 N–H and O–H groups in total. The van der Waals surface area contributed by atoms with Gasteiger partial charge in [0.25, 0.3) is 5.91 Å². The molecule has 0 saturated heterocycles. The molecule has 0 spiro atoms. The number of carbonyl (C=O) groups excluding carboxylic acids is 1. The first-order valence-electron chi connectivity index (χ1n) is 7.85. The molecule has 9 heteroatoms. The maximum atomic E-state index is 13.8. The van der Waals surface area contributed by atoms with Crippen LogP contribution in [0.4, 0.5) is 10.1 Å². The number of carbonyl (C=O) groups is 1. The van der Waals surface area contributed by atoms with Gasteiger partial charge in [0.2, 0.25) is 3.79 Å². The molecule has 0 bridgehead atoms. The molecule has 0 heterocycles. The number of thiocarbonyl (C=S) groups is 1. The second-order valence-corrected chi connectivity index (χ2v) is 8.62. The van der Waals surface area contributed by atoms with E-state index in [1.807, 2.05) is 32.0 Å². The van der Waals surface area contributed by atoms with Gasteiger partial charge >= 0.3 is 0 Å². The first kappa shape index (κ1) is 21.7. The summed E-state index contributed by atoms with van der Waals surface area (Å²) in [5.74, 6) is -1.43. The lowest BCUT2D eigenvalue weighted by Gasteiger charge is -2.28. The van der Waals surface area contributed by atoms with Crippen LogP contribution >= 0.6 is 47.0 Å². The Hall–Kier alpha value is -1.60. The summed E-state index contributed by atoms with van der Waals surface area (Å²) in [7, 11) is 0. The predicted octanol–water partition coefficient (Wildman–Crippen LogP) is 4.86. The minimum absolute atomic E-state index is 0.132. The molecular formula is C18H17Cl3FN3OS. The van der Waals surface area contributed by atoms with Gasteiger partial charge in [-0.15, -0.1) is 0 Å². The summed E-state index contributed by atoms with van der Waals surface area (Å²) in [6.45, 7) is 3.90. The number of anilines is 1. The molecule has 0 unspecified atom stereocenters. The van der Waals surface area contributed by atoms with Crippen molar-refractivity contribution in [2.45, 2.75) is 23.8 Å². The summed E-state index contributed by atoms with van der Waals surface area (Å²) < 4.78 is 11.9. The van der Waals surface area contributed by atoms with Crippen molar-refractivity contribution in [2.24, 2.45) is 0 Å². The van der Waals surface area contributed by atoms with Gasteiger partial charge in [-0.3, -0.25) is 4.79 Å². The van der Waals surface area contributed by atoms with E-state index < -0.39 is 21.7 Å². The van der Waals surface area contributed by atoms with Crippen LogP contribution in [-0.2, 0) is 0 Å². The Balaban J connectivity index is 2.11. The van der Waals surface area contributed by atoms with E-state index in [4.69, 9.17) is 47.0 Å². The molecule has 144 valence electrons. The molecule has 0 aliphatic carbocycles. The monoisotopic (exact) mass is 447 g/mol. The molecule has 1 atom stereocenters. The van der Waals surface area contributed by atoms with E-state index in [-0.39, 0.29) is 10.7 Å². The highest BCUT2D eigenvalue weighted by molar-refractivity contribution is 7.80. The highest BCUT2D eigenvalue weighted by atomic mass is 35.6. The van der Waals surface area contributed by atoms with Crippen molar-refractivity contribution in [2.75, 3.05) is 5.32 Å². The molecular weight excluding hydrogens is 432 g/mol. The van der Waals surface area contributed by atoms with Crippen molar-refractivity contribution in [1.82, 2.24) is 10.6 Å². The Morgan fingerprint density at radius 3 is 2.37 bits per heavy atom. The maximum Gasteiger partial charge on any atom is 0.255 e. The Kier molecular flexibility index (Phi) is 7.28. The van der Waals surface area contributed by atoms with Crippen molar-refractivity contribution in [3.05, 3.63) is 65.0 Å². The van der Waals surface area contributed by atoms with E-state index in [1.54, 1.807) is 0 Å². The number of halogens is 4. The zero-order chi connectivity index (χ0) is 20.2. The number of benzene rings is 2. The van der Waals surface area contributed by atoms with Gasteiger partial charge in [-0.2, -0.15) is 0 Å². The molecule has 0 fully saturated rings. The maximum absolute atomic E-state index is 13.8. The zero-order valence-corrected chi connectivity index (χ0v) is 17.5. The first-order valence-corrected chi connectivity index (χ1v) is 9.39. The van der Waals surface area contributed by atoms with Gasteiger partial charge < -0.3 is 16.0 Å². The molecule has 1 amide bonds. The van der Waals surface area contributed by atoms with Gasteiger partial charge in [0, 0.05) is 5.69 Å². The summed E-state index contributed by atoms with van der Waals surface area (Å²) in [5, 5.41) is 8.29. The van der Waals surface area contributed by atoms with E-state index in [0.717, 1.165) is 16.8 Å². The molecule has 0 aliphatic heterocycles. The highest BCUT2D eigenvalue weighted by Gasteiger charge is 2.35. The average Bonchev–Trinajstić information content (AvgIpc) is 2.56. The van der Waals surface area contributed by atoms with E-state index in [0.29, 0.717) is 0 Å². The molecule has 0 radical (unpaired) electrons. The molecule has 2 rings (SSSR count). The molecule has 0 aromatic heterocycles. The Bertz CT molecular complexity index is 858. The lowest BCUT2D eigenvalue weighted by atomic mass is 10.1. The normalized spacial score (nSPS) is 12.2. The minimum Gasteiger partial charge on any atom is -0.339 e. The van der Waals surface area contributed by atoms with E-state index >= 15 is 0 Å². The number of amides is 1. The van der Waals surface area contributed by atoms with Crippen LogP contribution in [0.15, 0.2) is 42.5 Å². The smallest absolute Gasteiger partial charge is 0.255 e. The van der Waals surface area contributed by atoms with Gasteiger partial charge in [-0.05, 0) is 49.8 Å². The molecule has 2 aromatic carbocycles. The van der Waals surface area contributed by atoms with Crippen LogP contribution in [-0.4, -0.2) is 21.0 Å². The topological polar surface area (TPSA) is 53.2 Å². The van der Waals surface area contributed by atoms with Crippen LogP contribution in [0.3, 0.4) is 0 Å². The number of hydrogen-bond donors (Lipinski definition) is 3. The quantitative estimate of drug-likeness (QED) is 0.355. The fourth-order valence-electron chi connectivity index (χ4n) is 2.30. The summed E-state index contributed by atoms with van der Waals surface area (Å²) in [6, 6.07) is 11.3. The van der Waals surface area contributed by atoms with Crippen LogP contribution in [0, 0.1) is 19.7 Å². The van der Waals surface area contributed by atoms with E-state index in [9.17, 15) is 9.18 Å². The molecule has 0 saturated carbocycles. The van der Waals surface area contributed by atoms with Crippen LogP contribution in [0.5, 0.6) is 0 Å². The van der Waals surface area contributed by atoms with Gasteiger partial charge in [0.1, 0.15) is 12.0 Å². The number of aryl methyl sites for hydroxylation is 2. The summed E-state index contributed by atoms with van der Waals surface area (Å²) in [5.41, 5.74) is 2.67.